The van der Waals surface area contributed by atoms with E-state index in [1.807, 2.05) is 60.7 Å². The summed E-state index contributed by atoms with van der Waals surface area (Å²) in [6.07, 6.45) is 3.66. The first kappa shape index (κ1) is 22.1. The van der Waals surface area contributed by atoms with Gasteiger partial charge in [-0.2, -0.15) is 0 Å². The molecule has 4 N–H and O–H groups in total. The van der Waals surface area contributed by atoms with E-state index in [1.54, 1.807) is 0 Å². The number of unbranched alkanes of at least 4 members (excludes halogenated alkanes) is 1. The lowest BCUT2D eigenvalue weighted by atomic mass is 9.99. The van der Waals surface area contributed by atoms with Crippen LogP contribution in [0.4, 0.5) is 23.0 Å². The maximum absolute atomic E-state index is 6.47. The molecule has 4 aromatic rings. The number of hydrogen-bond acceptors (Lipinski definition) is 6. The second-order valence-corrected chi connectivity index (χ2v) is 7.73. The molecule has 0 aliphatic heterocycles. The summed E-state index contributed by atoms with van der Waals surface area (Å²) in [6.45, 7) is 2.87. The van der Waals surface area contributed by atoms with Gasteiger partial charge in [-0.05, 0) is 41.8 Å². The zero-order chi connectivity index (χ0) is 22.9. The van der Waals surface area contributed by atoms with Crippen LogP contribution in [-0.2, 0) is 0 Å². The Hall–Kier alpha value is -4.06. The van der Waals surface area contributed by atoms with Crippen molar-refractivity contribution in [3.8, 4) is 5.75 Å². The molecule has 0 saturated carbocycles. The van der Waals surface area contributed by atoms with Crippen LogP contribution >= 0.6 is 0 Å². The highest BCUT2D eigenvalue weighted by molar-refractivity contribution is 5.78. The van der Waals surface area contributed by atoms with Crippen molar-refractivity contribution in [2.24, 2.45) is 0 Å². The van der Waals surface area contributed by atoms with Crippen molar-refractivity contribution in [2.45, 2.75) is 25.8 Å². The summed E-state index contributed by atoms with van der Waals surface area (Å²) in [5.74, 6) is 1.97. The number of benzene rings is 3. The number of rotatable bonds is 10. The smallest absolute Gasteiger partial charge is 0.159 e. The number of nitrogens with zero attached hydrogens (tertiary/aromatic N) is 2. The lowest BCUT2D eigenvalue weighted by molar-refractivity contribution is 0.309. The lowest BCUT2D eigenvalue weighted by Gasteiger charge is -2.22. The largest absolute Gasteiger partial charge is 0.494 e. The van der Waals surface area contributed by atoms with E-state index < -0.39 is 0 Å². The molecule has 0 amide bonds. The van der Waals surface area contributed by atoms with Crippen LogP contribution in [0.1, 0.15) is 36.9 Å². The van der Waals surface area contributed by atoms with Gasteiger partial charge in [-0.25, -0.2) is 9.97 Å². The molecule has 0 bridgehead atoms. The Morgan fingerprint density at radius 1 is 0.818 bits per heavy atom. The van der Waals surface area contributed by atoms with E-state index in [0.29, 0.717) is 17.3 Å². The SMILES string of the molecule is CCCCOc1ccc(Nc2ncnc(NC(c3ccccc3)c3ccccc3)c2N)cc1. The summed E-state index contributed by atoms with van der Waals surface area (Å²) in [4.78, 5) is 8.77. The summed E-state index contributed by atoms with van der Waals surface area (Å²) in [7, 11) is 0. The average Bonchev–Trinajstić information content (AvgIpc) is 2.87. The fraction of sp³-hybridized carbons (Fsp3) is 0.185. The quantitative estimate of drug-likeness (QED) is 0.256. The Morgan fingerprint density at radius 2 is 1.42 bits per heavy atom. The third-order valence-corrected chi connectivity index (χ3v) is 5.31. The zero-order valence-corrected chi connectivity index (χ0v) is 18.7. The second-order valence-electron chi connectivity index (χ2n) is 7.73. The summed E-state index contributed by atoms with van der Waals surface area (Å²) >= 11 is 0. The molecule has 1 heterocycles. The molecule has 0 aliphatic carbocycles. The average molecular weight is 440 g/mol. The van der Waals surface area contributed by atoms with Crippen LogP contribution < -0.4 is 21.1 Å². The van der Waals surface area contributed by atoms with Crippen molar-refractivity contribution in [1.82, 2.24) is 9.97 Å². The number of nitrogen functional groups attached to an aromatic ring is 1. The van der Waals surface area contributed by atoms with Crippen molar-refractivity contribution < 1.29 is 4.74 Å². The van der Waals surface area contributed by atoms with Crippen molar-refractivity contribution in [3.05, 3.63) is 102 Å². The van der Waals surface area contributed by atoms with Gasteiger partial charge in [-0.15, -0.1) is 0 Å². The van der Waals surface area contributed by atoms with Gasteiger partial charge >= 0.3 is 0 Å². The van der Waals surface area contributed by atoms with Gasteiger partial charge < -0.3 is 21.1 Å². The van der Waals surface area contributed by atoms with E-state index in [1.165, 1.54) is 6.33 Å². The Bertz CT molecular complexity index is 1090. The minimum absolute atomic E-state index is 0.1000. The molecule has 0 saturated heterocycles. The van der Waals surface area contributed by atoms with Crippen LogP contribution in [0, 0.1) is 0 Å². The number of aromatic nitrogens is 2. The van der Waals surface area contributed by atoms with Crippen LogP contribution in [0.5, 0.6) is 5.75 Å². The van der Waals surface area contributed by atoms with Crippen molar-refractivity contribution >= 4 is 23.0 Å². The minimum Gasteiger partial charge on any atom is -0.494 e. The highest BCUT2D eigenvalue weighted by atomic mass is 16.5. The molecule has 168 valence electrons. The Morgan fingerprint density at radius 3 is 2.03 bits per heavy atom. The Balaban J connectivity index is 1.53. The molecule has 6 nitrogen and oxygen atoms in total. The normalized spacial score (nSPS) is 10.7. The van der Waals surface area contributed by atoms with Gasteiger partial charge in [0, 0.05) is 5.69 Å². The van der Waals surface area contributed by atoms with Crippen LogP contribution in [-0.4, -0.2) is 16.6 Å². The maximum atomic E-state index is 6.47. The number of nitrogens with one attached hydrogen (secondary N) is 2. The van der Waals surface area contributed by atoms with Crippen molar-refractivity contribution in [3.63, 3.8) is 0 Å². The Labute approximate surface area is 194 Å². The number of hydrogen-bond donors (Lipinski definition) is 3. The third-order valence-electron chi connectivity index (χ3n) is 5.31. The van der Waals surface area contributed by atoms with E-state index in [2.05, 4.69) is 51.8 Å². The summed E-state index contributed by atoms with van der Waals surface area (Å²) < 4.78 is 5.73. The van der Waals surface area contributed by atoms with Gasteiger partial charge in [0.05, 0.1) is 12.6 Å². The summed E-state index contributed by atoms with van der Waals surface area (Å²) in [6, 6.07) is 28.2. The number of nitrogens with two attached hydrogens (primary N) is 1. The predicted molar refractivity (Wildman–Crippen MR) is 135 cm³/mol. The molecule has 0 radical (unpaired) electrons. The van der Waals surface area contributed by atoms with E-state index in [9.17, 15) is 0 Å². The van der Waals surface area contributed by atoms with Gasteiger partial charge in [0.15, 0.2) is 11.6 Å². The van der Waals surface area contributed by atoms with E-state index in [4.69, 9.17) is 10.5 Å². The van der Waals surface area contributed by atoms with Crippen molar-refractivity contribution in [1.29, 1.82) is 0 Å². The minimum atomic E-state index is -0.1000. The Kier molecular flexibility index (Phi) is 7.38. The fourth-order valence-electron chi connectivity index (χ4n) is 3.50. The predicted octanol–water partition coefficient (Wildman–Crippen LogP) is 6.18. The highest BCUT2D eigenvalue weighted by Crippen LogP contribution is 2.32. The monoisotopic (exact) mass is 439 g/mol. The number of anilines is 4. The summed E-state index contributed by atoms with van der Waals surface area (Å²) in [5.41, 5.74) is 10.0. The molecular weight excluding hydrogens is 410 g/mol. The first-order valence-corrected chi connectivity index (χ1v) is 11.2. The molecule has 1 aromatic heterocycles. The van der Waals surface area contributed by atoms with E-state index >= 15 is 0 Å². The van der Waals surface area contributed by atoms with Gasteiger partial charge in [-0.3, -0.25) is 0 Å². The van der Waals surface area contributed by atoms with Gasteiger partial charge in [-0.1, -0.05) is 74.0 Å². The fourth-order valence-corrected chi connectivity index (χ4v) is 3.50. The molecule has 0 aliphatic rings. The van der Waals surface area contributed by atoms with Crippen LogP contribution in [0.2, 0.25) is 0 Å². The molecular formula is C27H29N5O. The molecule has 3 aromatic carbocycles. The molecule has 0 unspecified atom stereocenters. The highest BCUT2D eigenvalue weighted by Gasteiger charge is 2.17. The topological polar surface area (TPSA) is 85.1 Å². The molecule has 4 rings (SSSR count). The first-order chi connectivity index (χ1) is 16.2. The summed E-state index contributed by atoms with van der Waals surface area (Å²) in [5, 5.41) is 6.80. The molecule has 0 spiro atoms. The van der Waals surface area contributed by atoms with Crippen molar-refractivity contribution in [2.75, 3.05) is 23.0 Å². The standard InChI is InChI=1S/C27H29N5O/c1-2-3-18-33-23-16-14-22(15-17-23)31-26-24(28)27(30-19-29-26)32-25(20-10-6-4-7-11-20)21-12-8-5-9-13-21/h4-17,19,25H,2-3,18,28H2,1H3,(H2,29,30,31,32). The number of ether oxygens (including phenoxy) is 1. The zero-order valence-electron chi connectivity index (χ0n) is 18.7. The van der Waals surface area contributed by atoms with Gasteiger partial charge in [0.25, 0.3) is 0 Å². The van der Waals surface area contributed by atoms with E-state index in [-0.39, 0.29) is 6.04 Å². The second kappa shape index (κ2) is 11.0. The van der Waals surface area contributed by atoms with Gasteiger partial charge in [0.1, 0.15) is 17.8 Å². The van der Waals surface area contributed by atoms with Crippen LogP contribution in [0.15, 0.2) is 91.3 Å². The van der Waals surface area contributed by atoms with Crippen LogP contribution in [0.3, 0.4) is 0 Å². The first-order valence-electron chi connectivity index (χ1n) is 11.2. The lowest BCUT2D eigenvalue weighted by Crippen LogP contribution is -2.15. The third kappa shape index (κ3) is 5.80. The maximum Gasteiger partial charge on any atom is 0.159 e. The molecule has 6 heteroatoms. The molecule has 0 fully saturated rings. The van der Waals surface area contributed by atoms with E-state index in [0.717, 1.165) is 42.0 Å². The van der Waals surface area contributed by atoms with Crippen LogP contribution in [0.25, 0.3) is 0 Å². The molecule has 33 heavy (non-hydrogen) atoms. The van der Waals surface area contributed by atoms with Gasteiger partial charge in [0.2, 0.25) is 0 Å². The molecule has 0 atom stereocenters.